The Morgan fingerprint density at radius 2 is 1.35 bits per heavy atom. The number of amides is 1. The Morgan fingerprint density at radius 1 is 0.826 bits per heavy atom. The summed E-state index contributed by atoms with van der Waals surface area (Å²) in [6, 6.07) is 19.5. The monoisotopic (exact) mass is 657 g/mol. The molecule has 9 nitrogen and oxygen atoms in total. The molecule has 1 aliphatic rings. The molecule has 1 fully saturated rings. The number of carbonyl (C=O) groups is 1. The smallest absolute Gasteiger partial charge is 0.417 e. The fourth-order valence-electron chi connectivity index (χ4n) is 4.83. The fourth-order valence-corrected chi connectivity index (χ4v) is 5.35. The summed E-state index contributed by atoms with van der Waals surface area (Å²) in [6.07, 6.45) is -4.77. The number of nitriles is 1. The van der Waals surface area contributed by atoms with Gasteiger partial charge in [0.2, 0.25) is 0 Å². The first-order chi connectivity index (χ1) is 22.0. The molecule has 0 radical (unpaired) electrons. The normalized spacial score (nSPS) is 14.5. The van der Waals surface area contributed by atoms with Crippen LogP contribution in [-0.4, -0.2) is 74.5 Å². The minimum Gasteiger partial charge on any atom is -0.491 e. The van der Waals surface area contributed by atoms with Crippen molar-refractivity contribution in [1.29, 1.82) is 5.26 Å². The zero-order chi connectivity index (χ0) is 33.3. The quantitative estimate of drug-likeness (QED) is 0.166. The molecular formula is C33H34F3N3O6S. The molecule has 0 unspecified atom stereocenters. The summed E-state index contributed by atoms with van der Waals surface area (Å²) in [5.41, 5.74) is -0.497. The van der Waals surface area contributed by atoms with E-state index >= 15 is 0 Å². The first kappa shape index (κ1) is 34.8. The van der Waals surface area contributed by atoms with E-state index in [0.29, 0.717) is 57.7 Å². The number of ether oxygens (including phenoxy) is 4. The molecule has 3 aromatic rings. The van der Waals surface area contributed by atoms with E-state index in [1.54, 1.807) is 36.9 Å². The van der Waals surface area contributed by atoms with Crippen LogP contribution in [0.1, 0.15) is 25.0 Å². The van der Waals surface area contributed by atoms with Gasteiger partial charge in [-0.1, -0.05) is 24.3 Å². The topological polar surface area (TPSA) is 104 Å². The summed E-state index contributed by atoms with van der Waals surface area (Å²) < 4.78 is 62.6. The highest BCUT2D eigenvalue weighted by Crippen LogP contribution is 2.40. The van der Waals surface area contributed by atoms with Crippen LogP contribution in [-0.2, 0) is 25.2 Å². The van der Waals surface area contributed by atoms with Crippen LogP contribution in [0.4, 0.5) is 24.5 Å². The Bertz CT molecular complexity index is 1540. The van der Waals surface area contributed by atoms with Crippen LogP contribution in [0.25, 0.3) is 11.1 Å². The number of alkyl halides is 3. The van der Waals surface area contributed by atoms with Crippen LogP contribution in [0.15, 0.2) is 66.7 Å². The maximum atomic E-state index is 13.6. The molecule has 0 aromatic heterocycles. The lowest BCUT2D eigenvalue weighted by Crippen LogP contribution is -2.44. The third kappa shape index (κ3) is 8.20. The molecule has 1 heterocycles. The lowest BCUT2D eigenvalue weighted by atomic mass is 10.0. The number of hydrogen-bond donors (Lipinski definition) is 1. The van der Waals surface area contributed by atoms with Crippen LogP contribution in [0.5, 0.6) is 5.75 Å². The van der Waals surface area contributed by atoms with Gasteiger partial charge >= 0.3 is 6.18 Å². The number of halogens is 3. The predicted octanol–water partition coefficient (Wildman–Crippen LogP) is 5.58. The van der Waals surface area contributed by atoms with E-state index in [1.165, 1.54) is 6.07 Å². The molecular weight excluding hydrogens is 623 g/mol. The van der Waals surface area contributed by atoms with E-state index in [-0.39, 0.29) is 17.4 Å². The Kier molecular flexibility index (Phi) is 11.7. The van der Waals surface area contributed by atoms with Crippen LogP contribution in [0.3, 0.4) is 0 Å². The molecule has 3 aromatic carbocycles. The Hall–Kier alpha value is -4.06. The number of benzene rings is 3. The average Bonchev–Trinajstić information content (AvgIpc) is 3.21. The number of anilines is 2. The molecule has 1 saturated heterocycles. The van der Waals surface area contributed by atoms with Gasteiger partial charge in [-0.05, 0) is 79.7 Å². The van der Waals surface area contributed by atoms with Crippen LogP contribution >= 0.6 is 12.2 Å². The Morgan fingerprint density at radius 3 is 1.89 bits per heavy atom. The Balaban J connectivity index is 1.35. The van der Waals surface area contributed by atoms with E-state index in [1.807, 2.05) is 36.4 Å². The molecule has 1 N–H and O–H groups in total. The molecule has 244 valence electrons. The second-order valence-corrected chi connectivity index (χ2v) is 11.0. The molecule has 0 bridgehead atoms. The number of thiocarbonyl (C=S) groups is 1. The van der Waals surface area contributed by atoms with Crippen molar-refractivity contribution < 1.29 is 42.0 Å². The van der Waals surface area contributed by atoms with Crippen molar-refractivity contribution in [1.82, 2.24) is 0 Å². The molecule has 1 amide bonds. The maximum absolute atomic E-state index is 13.6. The van der Waals surface area contributed by atoms with Gasteiger partial charge in [0.05, 0.1) is 69.1 Å². The maximum Gasteiger partial charge on any atom is 0.417 e. The molecule has 0 saturated carbocycles. The number of nitrogens with zero attached hydrogens (tertiary/aromatic N) is 3. The molecule has 46 heavy (non-hydrogen) atoms. The largest absolute Gasteiger partial charge is 0.491 e. The van der Waals surface area contributed by atoms with Gasteiger partial charge in [0.15, 0.2) is 5.11 Å². The summed E-state index contributed by atoms with van der Waals surface area (Å²) in [6.45, 7) is 6.08. The molecule has 13 heteroatoms. The number of rotatable bonds is 15. The van der Waals surface area contributed by atoms with E-state index in [2.05, 4.69) is 0 Å². The molecule has 1 aliphatic heterocycles. The standard InChI is InChI=1S/C33H34F3N3O6S/c1-32(2)30(41)38(27-10-5-25(22-37)29(21-27)33(34,35)36)31(46)39(32)26-8-3-23(4-9-26)24-6-11-28(12-7-24)45-20-19-44-18-17-43-16-15-42-14-13-40/h3-12,21,40H,13-20H2,1-2H3. The van der Waals surface area contributed by atoms with Gasteiger partial charge in [-0.25, -0.2) is 0 Å². The number of carbonyl (C=O) groups excluding carboxylic acids is 1. The second-order valence-electron chi connectivity index (χ2n) is 10.6. The lowest BCUT2D eigenvalue weighted by molar-refractivity contribution is -0.137. The highest BCUT2D eigenvalue weighted by Gasteiger charge is 2.50. The molecule has 0 spiro atoms. The van der Waals surface area contributed by atoms with Gasteiger partial charge in [-0.3, -0.25) is 9.69 Å². The van der Waals surface area contributed by atoms with E-state index in [0.717, 1.165) is 28.2 Å². The summed E-state index contributed by atoms with van der Waals surface area (Å²) in [5, 5.41) is 17.8. The highest BCUT2D eigenvalue weighted by atomic mass is 32.1. The predicted molar refractivity (Wildman–Crippen MR) is 170 cm³/mol. The zero-order valence-corrected chi connectivity index (χ0v) is 26.2. The fraction of sp³-hybridized carbons (Fsp3) is 0.364. The SMILES string of the molecule is CC1(C)C(=O)N(c2ccc(C#N)c(C(F)(F)F)c2)C(=S)N1c1ccc(-c2ccc(OCCOCCOCCOCCO)cc2)cc1. The zero-order valence-electron chi connectivity index (χ0n) is 25.4. The number of aliphatic hydroxyl groups is 1. The van der Waals surface area contributed by atoms with Crippen molar-refractivity contribution in [2.24, 2.45) is 0 Å². The van der Waals surface area contributed by atoms with Crippen molar-refractivity contribution in [3.8, 4) is 22.9 Å². The lowest BCUT2D eigenvalue weighted by Gasteiger charge is -2.29. The van der Waals surface area contributed by atoms with Gasteiger partial charge in [-0.2, -0.15) is 18.4 Å². The van der Waals surface area contributed by atoms with Crippen molar-refractivity contribution in [3.05, 3.63) is 77.9 Å². The average molecular weight is 658 g/mol. The van der Waals surface area contributed by atoms with Gasteiger partial charge in [0.25, 0.3) is 5.91 Å². The minimum absolute atomic E-state index is 0.0114. The third-order valence-corrected chi connectivity index (χ3v) is 7.51. The van der Waals surface area contributed by atoms with Crippen molar-refractivity contribution in [2.75, 3.05) is 62.7 Å². The second kappa shape index (κ2) is 15.5. The van der Waals surface area contributed by atoms with Gasteiger partial charge in [0.1, 0.15) is 17.9 Å². The number of hydrogen-bond acceptors (Lipinski definition) is 8. The molecule has 0 aliphatic carbocycles. The van der Waals surface area contributed by atoms with Gasteiger partial charge in [-0.15, -0.1) is 0 Å². The number of aliphatic hydroxyl groups excluding tert-OH is 1. The van der Waals surface area contributed by atoms with Crippen molar-refractivity contribution in [3.63, 3.8) is 0 Å². The highest BCUT2D eigenvalue weighted by molar-refractivity contribution is 7.81. The first-order valence-corrected chi connectivity index (χ1v) is 14.9. The first-order valence-electron chi connectivity index (χ1n) is 14.5. The molecule has 0 atom stereocenters. The van der Waals surface area contributed by atoms with Crippen molar-refractivity contribution in [2.45, 2.75) is 25.6 Å². The van der Waals surface area contributed by atoms with E-state index < -0.39 is 28.7 Å². The minimum atomic E-state index is -4.77. The summed E-state index contributed by atoms with van der Waals surface area (Å²) in [5.74, 6) is 0.189. The summed E-state index contributed by atoms with van der Waals surface area (Å²) >= 11 is 5.62. The van der Waals surface area contributed by atoms with Gasteiger partial charge < -0.3 is 29.0 Å². The van der Waals surface area contributed by atoms with Crippen LogP contribution in [0.2, 0.25) is 0 Å². The molecule has 4 rings (SSSR count). The third-order valence-electron chi connectivity index (χ3n) is 7.14. The van der Waals surface area contributed by atoms with Crippen LogP contribution in [0, 0.1) is 11.3 Å². The van der Waals surface area contributed by atoms with E-state index in [4.69, 9.17) is 41.5 Å². The summed E-state index contributed by atoms with van der Waals surface area (Å²) in [7, 11) is 0. The van der Waals surface area contributed by atoms with E-state index in [9.17, 15) is 18.0 Å². The Labute approximate surface area is 270 Å². The van der Waals surface area contributed by atoms with Gasteiger partial charge in [0, 0.05) is 5.69 Å². The summed E-state index contributed by atoms with van der Waals surface area (Å²) in [4.78, 5) is 16.2. The van der Waals surface area contributed by atoms with Crippen molar-refractivity contribution >= 4 is 34.6 Å². The van der Waals surface area contributed by atoms with Crippen LogP contribution < -0.4 is 14.5 Å².